The van der Waals surface area contributed by atoms with E-state index in [0.29, 0.717) is 11.7 Å². The Labute approximate surface area is 205 Å². The minimum Gasteiger partial charge on any atom is -0.284 e. The van der Waals surface area contributed by atoms with Crippen LogP contribution in [0.5, 0.6) is 0 Å². The van der Waals surface area contributed by atoms with Crippen LogP contribution < -0.4 is 4.90 Å². The van der Waals surface area contributed by atoms with Crippen LogP contribution in [0.3, 0.4) is 0 Å². The minimum absolute atomic E-state index is 0.0197. The van der Waals surface area contributed by atoms with Gasteiger partial charge in [-0.25, -0.2) is 13.4 Å². The molecule has 0 N–H and O–H groups in total. The van der Waals surface area contributed by atoms with Gasteiger partial charge in [0.1, 0.15) is 0 Å². The number of fused-ring (bicyclic) bond motifs is 1. The second-order valence-electron chi connectivity index (χ2n) is 7.63. The summed E-state index contributed by atoms with van der Waals surface area (Å²) in [6, 6.07) is 18.6. The van der Waals surface area contributed by atoms with Crippen molar-refractivity contribution < 1.29 is 13.2 Å². The summed E-state index contributed by atoms with van der Waals surface area (Å²) >= 11 is 4.90. The highest BCUT2D eigenvalue weighted by atomic mass is 79.9. The number of hydrogen-bond acceptors (Lipinski definition) is 6. The van der Waals surface area contributed by atoms with Crippen LogP contribution in [-0.4, -0.2) is 30.0 Å². The van der Waals surface area contributed by atoms with E-state index in [1.54, 1.807) is 29.4 Å². The fourth-order valence-corrected chi connectivity index (χ4v) is 6.38. The molecule has 0 atom stereocenters. The van der Waals surface area contributed by atoms with Crippen molar-refractivity contribution in [2.24, 2.45) is 0 Å². The van der Waals surface area contributed by atoms with E-state index < -0.39 is 9.84 Å². The lowest BCUT2D eigenvalue weighted by molar-refractivity contribution is -0.118. The predicted molar refractivity (Wildman–Crippen MR) is 136 cm³/mol. The zero-order valence-electron chi connectivity index (χ0n) is 17.7. The van der Waals surface area contributed by atoms with Crippen molar-refractivity contribution in [3.63, 3.8) is 0 Å². The van der Waals surface area contributed by atoms with Crippen molar-refractivity contribution in [2.75, 3.05) is 10.7 Å². The number of nitrogens with zero attached hydrogens (tertiary/aromatic N) is 3. The Bertz CT molecular complexity index is 1340. The van der Waals surface area contributed by atoms with Crippen LogP contribution in [0, 0.1) is 0 Å². The molecule has 0 aliphatic carbocycles. The molecule has 0 unspecified atom stereocenters. The summed E-state index contributed by atoms with van der Waals surface area (Å²) in [6.07, 6.45) is 3.78. The number of thiazole rings is 1. The number of hydrogen-bond donors (Lipinski definition) is 0. The Morgan fingerprint density at radius 2 is 1.82 bits per heavy atom. The molecule has 9 heteroatoms. The summed E-state index contributed by atoms with van der Waals surface area (Å²) in [5, 5.41) is 0.587. The van der Waals surface area contributed by atoms with Crippen molar-refractivity contribution in [2.45, 2.75) is 25.1 Å². The number of pyridine rings is 1. The van der Waals surface area contributed by atoms with Gasteiger partial charge in [0.05, 0.1) is 28.3 Å². The largest absolute Gasteiger partial charge is 0.284 e. The molecule has 0 saturated heterocycles. The predicted octanol–water partition coefficient (Wildman–Crippen LogP) is 5.38. The smallest absolute Gasteiger partial charge is 0.229 e. The molecule has 0 spiro atoms. The average molecular weight is 544 g/mol. The molecule has 4 aromatic rings. The van der Waals surface area contributed by atoms with Gasteiger partial charge >= 0.3 is 0 Å². The highest BCUT2D eigenvalue weighted by Gasteiger charge is 2.21. The third kappa shape index (κ3) is 6.46. The van der Waals surface area contributed by atoms with Gasteiger partial charge in [-0.05, 0) is 41.8 Å². The van der Waals surface area contributed by atoms with Crippen molar-refractivity contribution in [3.05, 3.63) is 88.7 Å². The van der Waals surface area contributed by atoms with E-state index >= 15 is 0 Å². The first-order chi connectivity index (χ1) is 15.9. The van der Waals surface area contributed by atoms with E-state index in [-0.39, 0.29) is 30.3 Å². The Morgan fingerprint density at radius 1 is 1.03 bits per heavy atom. The zero-order valence-corrected chi connectivity index (χ0v) is 20.9. The molecular weight excluding hydrogens is 522 g/mol. The Kier molecular flexibility index (Phi) is 7.52. The second-order valence-corrected chi connectivity index (χ2v) is 11.7. The number of aromatic nitrogens is 2. The maximum absolute atomic E-state index is 13.2. The van der Waals surface area contributed by atoms with Crippen molar-refractivity contribution in [1.29, 1.82) is 0 Å². The normalized spacial score (nSPS) is 11.5. The molecule has 0 saturated carbocycles. The Morgan fingerprint density at radius 3 is 2.58 bits per heavy atom. The van der Waals surface area contributed by atoms with Crippen LogP contribution >= 0.6 is 27.3 Å². The molecule has 0 aliphatic heterocycles. The first kappa shape index (κ1) is 23.5. The summed E-state index contributed by atoms with van der Waals surface area (Å²) in [5.41, 5.74) is 2.44. The van der Waals surface area contributed by atoms with Gasteiger partial charge in [-0.15, -0.1) is 0 Å². The molecule has 0 aliphatic rings. The molecule has 1 amide bonds. The molecular formula is C24H22BrN3O3S2. The number of rotatable bonds is 9. The van der Waals surface area contributed by atoms with Gasteiger partial charge in [0.2, 0.25) is 5.91 Å². The monoisotopic (exact) mass is 543 g/mol. The number of carbonyl (C=O) groups excluding carboxylic acids is 1. The quantitative estimate of drug-likeness (QED) is 0.283. The van der Waals surface area contributed by atoms with Gasteiger partial charge in [-0.1, -0.05) is 63.7 Å². The molecule has 170 valence electrons. The van der Waals surface area contributed by atoms with Crippen molar-refractivity contribution in [3.8, 4) is 0 Å². The lowest BCUT2D eigenvalue weighted by Gasteiger charge is -2.20. The number of sulfone groups is 1. The third-order valence-electron chi connectivity index (χ3n) is 5.01. The molecule has 0 fully saturated rings. The molecule has 0 bridgehead atoms. The highest BCUT2D eigenvalue weighted by molar-refractivity contribution is 9.10. The molecule has 33 heavy (non-hydrogen) atoms. The molecule has 6 nitrogen and oxygen atoms in total. The van der Waals surface area contributed by atoms with Crippen molar-refractivity contribution in [1.82, 2.24) is 9.97 Å². The Balaban J connectivity index is 1.48. The second kappa shape index (κ2) is 10.5. The lowest BCUT2D eigenvalue weighted by atomic mass is 10.2. The van der Waals surface area contributed by atoms with Crippen LogP contribution in [0.15, 0.2) is 77.5 Å². The number of amides is 1. The summed E-state index contributed by atoms with van der Waals surface area (Å²) in [4.78, 5) is 23.6. The fourth-order valence-electron chi connectivity index (χ4n) is 3.42. The van der Waals surface area contributed by atoms with Gasteiger partial charge in [0, 0.05) is 23.3 Å². The third-order valence-corrected chi connectivity index (χ3v) is 8.23. The van der Waals surface area contributed by atoms with Gasteiger partial charge in [-0.2, -0.15) is 0 Å². The van der Waals surface area contributed by atoms with E-state index in [0.717, 1.165) is 25.8 Å². The van der Waals surface area contributed by atoms with Gasteiger partial charge in [-0.3, -0.25) is 14.7 Å². The van der Waals surface area contributed by atoms with E-state index in [9.17, 15) is 13.2 Å². The summed E-state index contributed by atoms with van der Waals surface area (Å²) in [5.74, 6) is -0.220. The van der Waals surface area contributed by atoms with E-state index in [4.69, 9.17) is 0 Å². The number of carbonyl (C=O) groups is 1. The lowest BCUT2D eigenvalue weighted by Crippen LogP contribution is -2.30. The molecule has 2 heterocycles. The summed E-state index contributed by atoms with van der Waals surface area (Å²) in [7, 11) is -3.30. The SMILES string of the molecule is O=C(CCCS(=O)(=O)Cc1ccccc1)N(Cc1cccnc1)c1nc2ccc(Br)cc2s1. The average Bonchev–Trinajstić information content (AvgIpc) is 3.21. The fraction of sp³-hybridized carbons (Fsp3) is 0.208. The maximum Gasteiger partial charge on any atom is 0.229 e. The van der Waals surface area contributed by atoms with Crippen LogP contribution in [0.4, 0.5) is 5.13 Å². The van der Waals surface area contributed by atoms with E-state index in [1.807, 2.05) is 48.5 Å². The van der Waals surface area contributed by atoms with Crippen LogP contribution in [0.2, 0.25) is 0 Å². The van der Waals surface area contributed by atoms with Crippen LogP contribution in [0.1, 0.15) is 24.0 Å². The van der Waals surface area contributed by atoms with Gasteiger partial charge in [0.25, 0.3) is 0 Å². The van der Waals surface area contributed by atoms with Crippen LogP contribution in [0.25, 0.3) is 10.2 Å². The number of benzene rings is 2. The first-order valence-electron chi connectivity index (χ1n) is 10.4. The van der Waals surface area contributed by atoms with E-state index in [1.165, 1.54) is 11.3 Å². The summed E-state index contributed by atoms with van der Waals surface area (Å²) < 4.78 is 26.9. The first-order valence-corrected chi connectivity index (χ1v) is 13.8. The molecule has 2 aromatic carbocycles. The number of halogens is 1. The van der Waals surface area contributed by atoms with Gasteiger partial charge < -0.3 is 0 Å². The molecule has 4 rings (SSSR count). The zero-order chi connectivity index (χ0) is 23.3. The van der Waals surface area contributed by atoms with Crippen LogP contribution in [-0.2, 0) is 26.9 Å². The van der Waals surface area contributed by atoms with E-state index in [2.05, 4.69) is 25.9 Å². The summed E-state index contributed by atoms with van der Waals surface area (Å²) in [6.45, 7) is 0.324. The maximum atomic E-state index is 13.2. The van der Waals surface area contributed by atoms with Crippen molar-refractivity contribution >= 4 is 58.4 Å². The van der Waals surface area contributed by atoms with Gasteiger partial charge in [0.15, 0.2) is 15.0 Å². The highest BCUT2D eigenvalue weighted by Crippen LogP contribution is 2.32. The topological polar surface area (TPSA) is 80.2 Å². The Hall–Kier alpha value is -2.62. The molecule has 2 aromatic heterocycles. The standard InChI is InChI=1S/C24H22BrN3O3S2/c25-20-10-11-21-22(14-20)32-24(27-21)28(16-19-8-4-12-26-15-19)23(29)9-5-13-33(30,31)17-18-6-2-1-3-7-18/h1-4,6-8,10-12,14-15H,5,9,13,16-17H2. The number of anilines is 1. The molecule has 0 radical (unpaired) electrons. The minimum atomic E-state index is -3.30.